The van der Waals surface area contributed by atoms with Gasteiger partial charge in [-0.2, -0.15) is 0 Å². The van der Waals surface area contributed by atoms with Crippen LogP contribution >= 0.6 is 0 Å². The zero-order valence-electron chi connectivity index (χ0n) is 8.59. The Hall–Kier alpha value is -0.770. The first kappa shape index (κ1) is 13.3. The monoisotopic (exact) mass is 237 g/mol. The van der Waals surface area contributed by atoms with E-state index in [9.17, 15) is 15.3 Å². The molecule has 0 unspecified atom stereocenters. The lowest BCUT2D eigenvalue weighted by molar-refractivity contribution is -0.249. The van der Waals surface area contributed by atoms with Gasteiger partial charge in [0.15, 0.2) is 6.29 Å². The number of nitrogens with zero attached hydrogens (tertiary/aromatic N) is 1. The van der Waals surface area contributed by atoms with Gasteiger partial charge in [-0.15, -0.1) is 0 Å². The molecule has 16 heavy (non-hydrogen) atoms. The predicted octanol–water partition coefficient (Wildman–Crippen LogP) is -2.31. The lowest BCUT2D eigenvalue weighted by Gasteiger charge is -2.38. The first-order valence-electron chi connectivity index (χ1n) is 4.67. The molecule has 5 N–H and O–H groups in total. The van der Waals surface area contributed by atoms with Gasteiger partial charge in [0, 0.05) is 6.92 Å². The second-order valence-corrected chi connectivity index (χ2v) is 3.46. The van der Waals surface area contributed by atoms with Gasteiger partial charge >= 0.3 is 0 Å². The summed E-state index contributed by atoms with van der Waals surface area (Å²) in [6.45, 7) is 0.755. The van der Waals surface area contributed by atoms with Crippen molar-refractivity contribution in [1.82, 2.24) is 0 Å². The molecular formula is C8H15NO7. The maximum Gasteiger partial charge on any atom is 0.224 e. The van der Waals surface area contributed by atoms with Crippen LogP contribution in [0.5, 0.6) is 0 Å². The zero-order valence-corrected chi connectivity index (χ0v) is 8.59. The molecule has 0 aromatic heterocycles. The molecule has 1 saturated heterocycles. The first-order chi connectivity index (χ1) is 7.51. The van der Waals surface area contributed by atoms with Crippen molar-refractivity contribution >= 4 is 5.90 Å². The second-order valence-electron chi connectivity index (χ2n) is 3.46. The summed E-state index contributed by atoms with van der Waals surface area (Å²) >= 11 is 0. The van der Waals surface area contributed by atoms with Gasteiger partial charge in [-0.25, -0.2) is 10.2 Å². The number of aliphatic hydroxyl groups is 4. The van der Waals surface area contributed by atoms with Gasteiger partial charge in [-0.1, -0.05) is 0 Å². The number of aliphatic hydroxyl groups excluding tert-OH is 4. The van der Waals surface area contributed by atoms with Crippen LogP contribution in [0.1, 0.15) is 6.92 Å². The van der Waals surface area contributed by atoms with E-state index in [-0.39, 0.29) is 5.90 Å². The van der Waals surface area contributed by atoms with Gasteiger partial charge in [-0.3, -0.25) is 0 Å². The largest absolute Gasteiger partial charge is 0.394 e. The van der Waals surface area contributed by atoms with Gasteiger partial charge in [0.25, 0.3) is 0 Å². The Bertz CT molecular complexity index is 259. The topological polar surface area (TPSA) is 132 Å². The lowest BCUT2D eigenvalue weighted by atomic mass is 9.97. The molecule has 0 radical (unpaired) electrons. The molecule has 0 amide bonds. The minimum absolute atomic E-state index is 0.193. The fourth-order valence-corrected chi connectivity index (χ4v) is 1.46. The van der Waals surface area contributed by atoms with Crippen molar-refractivity contribution in [1.29, 1.82) is 0 Å². The Morgan fingerprint density at radius 2 is 1.94 bits per heavy atom. The van der Waals surface area contributed by atoms with E-state index in [1.54, 1.807) is 0 Å². The Balaban J connectivity index is 2.79. The summed E-state index contributed by atoms with van der Waals surface area (Å²) in [5, 5.41) is 45.6. The molecule has 1 aliphatic rings. The van der Waals surface area contributed by atoms with Crippen LogP contribution in [0.4, 0.5) is 0 Å². The fourth-order valence-electron chi connectivity index (χ4n) is 1.46. The minimum atomic E-state index is -1.50. The lowest BCUT2D eigenvalue weighted by Crippen LogP contribution is -2.58. The van der Waals surface area contributed by atoms with Crippen molar-refractivity contribution < 1.29 is 35.3 Å². The molecule has 8 nitrogen and oxygen atoms in total. The molecule has 0 saturated carbocycles. The van der Waals surface area contributed by atoms with E-state index in [2.05, 4.69) is 9.88 Å². The number of aliphatic imine (C=N–C) groups is 1. The fraction of sp³-hybridized carbons (Fsp3) is 0.875. The molecule has 0 bridgehead atoms. The zero-order chi connectivity index (χ0) is 12.3. The van der Waals surface area contributed by atoms with E-state index in [0.717, 1.165) is 0 Å². The highest BCUT2D eigenvalue weighted by atomic mass is 17.1. The summed E-state index contributed by atoms with van der Waals surface area (Å²) in [6, 6.07) is -1.19. The molecule has 8 heteroatoms. The van der Waals surface area contributed by atoms with Gasteiger partial charge < -0.3 is 30.1 Å². The smallest absolute Gasteiger partial charge is 0.224 e. The normalized spacial score (nSPS) is 40.9. The summed E-state index contributed by atoms with van der Waals surface area (Å²) in [5.74, 6) is -0.193. The van der Waals surface area contributed by atoms with Crippen molar-refractivity contribution in [2.45, 2.75) is 37.6 Å². The highest BCUT2D eigenvalue weighted by Crippen LogP contribution is 2.22. The molecule has 5 atom stereocenters. The molecule has 1 aliphatic heterocycles. The van der Waals surface area contributed by atoms with Crippen LogP contribution in [0, 0.1) is 0 Å². The number of ether oxygens (including phenoxy) is 1. The van der Waals surface area contributed by atoms with Gasteiger partial charge in [-0.05, 0) is 0 Å². The molecule has 1 rings (SSSR count). The first-order valence-corrected chi connectivity index (χ1v) is 4.67. The average molecular weight is 237 g/mol. The summed E-state index contributed by atoms with van der Waals surface area (Å²) in [4.78, 5) is 7.39. The summed E-state index contributed by atoms with van der Waals surface area (Å²) in [6.07, 6.45) is -5.38. The number of hydrogen-bond donors (Lipinski definition) is 5. The molecule has 0 spiro atoms. The van der Waals surface area contributed by atoms with Gasteiger partial charge in [0.1, 0.15) is 24.4 Å². The van der Waals surface area contributed by atoms with E-state index in [4.69, 9.17) is 15.1 Å². The number of hydrogen-bond acceptors (Lipinski definition) is 8. The van der Waals surface area contributed by atoms with Crippen molar-refractivity contribution in [2.75, 3.05) is 6.61 Å². The third-order valence-electron chi connectivity index (χ3n) is 2.33. The molecule has 1 fully saturated rings. The van der Waals surface area contributed by atoms with E-state index in [1.807, 2.05) is 0 Å². The van der Waals surface area contributed by atoms with Crippen LogP contribution in [0.2, 0.25) is 0 Å². The van der Waals surface area contributed by atoms with Gasteiger partial charge in [0.2, 0.25) is 5.90 Å². The quantitative estimate of drug-likeness (QED) is 0.158. The number of rotatable bonds is 2. The van der Waals surface area contributed by atoms with Gasteiger partial charge in [0.05, 0.1) is 6.61 Å². The SMILES string of the molecule is CC(=N[C@@H]1[C@@H](O)[C@@H](O)[C@@H](CO)O[C@H]1O)OO. The maximum atomic E-state index is 9.61. The second kappa shape index (κ2) is 5.53. The van der Waals surface area contributed by atoms with Crippen molar-refractivity contribution in [2.24, 2.45) is 4.99 Å². The highest BCUT2D eigenvalue weighted by Gasteiger charge is 2.43. The van der Waals surface area contributed by atoms with Crippen LogP contribution in [0.15, 0.2) is 4.99 Å². The molecule has 94 valence electrons. The Morgan fingerprint density at radius 1 is 1.31 bits per heavy atom. The molecule has 0 aromatic carbocycles. The summed E-state index contributed by atoms with van der Waals surface area (Å²) in [7, 11) is 0. The van der Waals surface area contributed by atoms with E-state index >= 15 is 0 Å². The van der Waals surface area contributed by atoms with Crippen LogP contribution in [0.25, 0.3) is 0 Å². The molecular weight excluding hydrogens is 222 g/mol. The third-order valence-corrected chi connectivity index (χ3v) is 2.33. The Kier molecular flexibility index (Phi) is 4.59. The predicted molar refractivity (Wildman–Crippen MR) is 50.6 cm³/mol. The Morgan fingerprint density at radius 3 is 2.44 bits per heavy atom. The molecule has 0 aliphatic carbocycles. The van der Waals surface area contributed by atoms with E-state index < -0.39 is 37.3 Å². The molecule has 0 aromatic rings. The van der Waals surface area contributed by atoms with Crippen molar-refractivity contribution in [3.8, 4) is 0 Å². The standard InChI is InChI=1S/C8H15NO7/c1-3(16-14)9-5-7(12)6(11)4(2-10)15-8(5)13/h4-8,10-14H,2H2,1H3/t4-,5-,6+,7-,8-/m1/s1. The van der Waals surface area contributed by atoms with Crippen LogP contribution in [-0.4, -0.2) is 68.8 Å². The average Bonchev–Trinajstić information content (AvgIpc) is 2.28. The van der Waals surface area contributed by atoms with Crippen LogP contribution in [0.3, 0.4) is 0 Å². The maximum absolute atomic E-state index is 9.61. The van der Waals surface area contributed by atoms with Crippen LogP contribution < -0.4 is 0 Å². The van der Waals surface area contributed by atoms with Crippen molar-refractivity contribution in [3.63, 3.8) is 0 Å². The molecule has 1 heterocycles. The van der Waals surface area contributed by atoms with E-state index in [1.165, 1.54) is 6.92 Å². The minimum Gasteiger partial charge on any atom is -0.394 e. The Labute approximate surface area is 91.3 Å². The highest BCUT2D eigenvalue weighted by molar-refractivity contribution is 5.72. The summed E-state index contributed by atoms with van der Waals surface area (Å²) in [5.41, 5.74) is 0. The van der Waals surface area contributed by atoms with Crippen LogP contribution in [-0.2, 0) is 9.62 Å². The van der Waals surface area contributed by atoms with Crippen molar-refractivity contribution in [3.05, 3.63) is 0 Å². The third kappa shape index (κ3) is 2.67. The summed E-state index contributed by atoms with van der Waals surface area (Å²) < 4.78 is 4.83. The van der Waals surface area contributed by atoms with E-state index in [0.29, 0.717) is 0 Å².